The summed E-state index contributed by atoms with van der Waals surface area (Å²) in [6.45, 7) is 9.79. The number of rotatable bonds is 4. The maximum Gasteiger partial charge on any atom is 0.244 e. The van der Waals surface area contributed by atoms with Gasteiger partial charge in [0.2, 0.25) is 10.0 Å². The van der Waals surface area contributed by atoms with E-state index in [0.717, 1.165) is 18.0 Å². The molecule has 1 aromatic heterocycles. The van der Waals surface area contributed by atoms with Crippen LogP contribution >= 0.6 is 11.3 Å². The second-order valence-corrected chi connectivity index (χ2v) is 9.21. The predicted octanol–water partition coefficient (Wildman–Crippen LogP) is 1.57. The van der Waals surface area contributed by atoms with Gasteiger partial charge in [-0.1, -0.05) is 0 Å². The number of hydrogen-bond donors (Lipinski definition) is 1. The molecule has 0 aromatic carbocycles. The molecule has 1 aromatic rings. The third-order valence-corrected chi connectivity index (χ3v) is 6.88. The maximum absolute atomic E-state index is 12.8. The lowest BCUT2D eigenvalue weighted by atomic mass is 10.1. The van der Waals surface area contributed by atoms with E-state index in [9.17, 15) is 8.42 Å². The summed E-state index contributed by atoms with van der Waals surface area (Å²) in [5, 5.41) is 4.88. The van der Waals surface area contributed by atoms with Gasteiger partial charge >= 0.3 is 0 Å². The van der Waals surface area contributed by atoms with Crippen LogP contribution in [0.2, 0.25) is 0 Å². The highest BCUT2D eigenvalue weighted by Crippen LogP contribution is 2.27. The minimum atomic E-state index is -3.36. The standard InChI is InChI=1S/C14H25N3O2S2/c1-14(2,3)16-6-8-17(9-7-16)21(18,19)13-5-10-20-12(13)11-15-4/h5,10,15H,6-9,11H2,1-4H3. The summed E-state index contributed by atoms with van der Waals surface area (Å²) in [5.41, 5.74) is 0.0928. The molecule has 120 valence electrons. The summed E-state index contributed by atoms with van der Waals surface area (Å²) >= 11 is 1.49. The van der Waals surface area contributed by atoms with Gasteiger partial charge in [0.1, 0.15) is 0 Å². The molecule has 0 unspecified atom stereocenters. The van der Waals surface area contributed by atoms with Crippen molar-refractivity contribution in [3.63, 3.8) is 0 Å². The van der Waals surface area contributed by atoms with E-state index in [2.05, 4.69) is 31.0 Å². The first-order valence-corrected chi connectivity index (χ1v) is 9.55. The van der Waals surface area contributed by atoms with Gasteiger partial charge in [0, 0.05) is 43.1 Å². The third kappa shape index (κ3) is 3.65. The third-order valence-electron chi connectivity index (χ3n) is 3.85. The molecule has 0 spiro atoms. The molecule has 21 heavy (non-hydrogen) atoms. The average Bonchev–Trinajstić information content (AvgIpc) is 2.87. The van der Waals surface area contributed by atoms with E-state index in [1.165, 1.54) is 11.3 Å². The quantitative estimate of drug-likeness (QED) is 0.910. The Morgan fingerprint density at radius 2 is 1.86 bits per heavy atom. The summed E-state index contributed by atoms with van der Waals surface area (Å²) < 4.78 is 27.2. The van der Waals surface area contributed by atoms with Crippen LogP contribution in [-0.4, -0.2) is 56.4 Å². The van der Waals surface area contributed by atoms with Crippen LogP contribution in [0.1, 0.15) is 25.6 Å². The number of piperazine rings is 1. The Labute approximate surface area is 132 Å². The first-order valence-electron chi connectivity index (χ1n) is 7.23. The van der Waals surface area contributed by atoms with Gasteiger partial charge in [-0.2, -0.15) is 4.31 Å². The fourth-order valence-corrected chi connectivity index (χ4v) is 5.44. The molecular weight excluding hydrogens is 306 g/mol. The molecular formula is C14H25N3O2S2. The molecule has 0 radical (unpaired) electrons. The molecule has 1 fully saturated rings. The number of hydrogen-bond acceptors (Lipinski definition) is 5. The zero-order chi connectivity index (χ0) is 15.7. The summed E-state index contributed by atoms with van der Waals surface area (Å²) in [6.07, 6.45) is 0. The molecule has 0 amide bonds. The molecule has 1 aliphatic rings. The van der Waals surface area contributed by atoms with Gasteiger partial charge < -0.3 is 5.32 Å². The second-order valence-electron chi connectivity index (χ2n) is 6.30. The van der Waals surface area contributed by atoms with Gasteiger partial charge in [0.15, 0.2) is 0 Å². The number of nitrogens with zero attached hydrogens (tertiary/aromatic N) is 2. The van der Waals surface area contributed by atoms with Crippen LogP contribution in [0.25, 0.3) is 0 Å². The number of sulfonamides is 1. The van der Waals surface area contributed by atoms with Gasteiger partial charge in [-0.15, -0.1) is 11.3 Å². The Kier molecular flexibility index (Phi) is 5.10. The monoisotopic (exact) mass is 331 g/mol. The van der Waals surface area contributed by atoms with Crippen LogP contribution in [0.15, 0.2) is 16.3 Å². The molecule has 2 rings (SSSR count). The average molecular weight is 332 g/mol. The second kappa shape index (κ2) is 6.34. The highest BCUT2D eigenvalue weighted by molar-refractivity contribution is 7.89. The Morgan fingerprint density at radius 1 is 1.24 bits per heavy atom. The van der Waals surface area contributed by atoms with Crippen LogP contribution < -0.4 is 5.32 Å². The molecule has 0 saturated carbocycles. The largest absolute Gasteiger partial charge is 0.315 e. The van der Waals surface area contributed by atoms with Crippen LogP contribution in [0.5, 0.6) is 0 Å². The molecule has 5 nitrogen and oxygen atoms in total. The lowest BCUT2D eigenvalue weighted by molar-refractivity contribution is 0.0922. The van der Waals surface area contributed by atoms with Crippen molar-refractivity contribution in [3.8, 4) is 0 Å². The van der Waals surface area contributed by atoms with Gasteiger partial charge in [0.05, 0.1) is 4.90 Å². The Morgan fingerprint density at radius 3 is 2.38 bits per heavy atom. The van der Waals surface area contributed by atoms with E-state index in [0.29, 0.717) is 24.5 Å². The van der Waals surface area contributed by atoms with Crippen molar-refractivity contribution in [2.24, 2.45) is 0 Å². The lowest BCUT2D eigenvalue weighted by Crippen LogP contribution is -2.54. The van der Waals surface area contributed by atoms with E-state index in [1.807, 2.05) is 12.4 Å². The van der Waals surface area contributed by atoms with E-state index in [1.54, 1.807) is 10.4 Å². The van der Waals surface area contributed by atoms with Crippen molar-refractivity contribution in [2.75, 3.05) is 33.2 Å². The van der Waals surface area contributed by atoms with Crippen molar-refractivity contribution in [3.05, 3.63) is 16.3 Å². The summed E-state index contributed by atoms with van der Waals surface area (Å²) in [6, 6.07) is 1.73. The SMILES string of the molecule is CNCc1sccc1S(=O)(=O)N1CCN(C(C)(C)C)CC1. The van der Waals surface area contributed by atoms with Gasteiger partial charge in [-0.25, -0.2) is 8.42 Å². The summed E-state index contributed by atoms with van der Waals surface area (Å²) in [4.78, 5) is 3.68. The van der Waals surface area contributed by atoms with Crippen molar-refractivity contribution >= 4 is 21.4 Å². The van der Waals surface area contributed by atoms with Crippen LogP contribution in [-0.2, 0) is 16.6 Å². The van der Waals surface area contributed by atoms with Crippen molar-refractivity contribution < 1.29 is 8.42 Å². The molecule has 1 saturated heterocycles. The number of nitrogens with one attached hydrogen (secondary N) is 1. The molecule has 1 N–H and O–H groups in total. The molecule has 0 aliphatic carbocycles. The van der Waals surface area contributed by atoms with Crippen LogP contribution in [0, 0.1) is 0 Å². The summed E-state index contributed by atoms with van der Waals surface area (Å²) in [5.74, 6) is 0. The fraction of sp³-hybridized carbons (Fsp3) is 0.714. The van der Waals surface area contributed by atoms with E-state index < -0.39 is 10.0 Å². The predicted molar refractivity (Wildman–Crippen MR) is 87.2 cm³/mol. The van der Waals surface area contributed by atoms with Gasteiger partial charge in [-0.05, 0) is 39.3 Å². The van der Waals surface area contributed by atoms with E-state index in [4.69, 9.17) is 0 Å². The summed E-state index contributed by atoms with van der Waals surface area (Å²) in [7, 11) is -1.53. The minimum absolute atomic E-state index is 0.0928. The van der Waals surface area contributed by atoms with Crippen LogP contribution in [0.4, 0.5) is 0 Å². The molecule has 0 bridgehead atoms. The first kappa shape index (κ1) is 16.9. The first-order chi connectivity index (χ1) is 9.76. The zero-order valence-corrected chi connectivity index (χ0v) is 14.9. The molecule has 7 heteroatoms. The van der Waals surface area contributed by atoms with E-state index in [-0.39, 0.29) is 5.54 Å². The fourth-order valence-electron chi connectivity index (χ4n) is 2.59. The zero-order valence-electron chi connectivity index (χ0n) is 13.2. The van der Waals surface area contributed by atoms with Crippen molar-refractivity contribution in [2.45, 2.75) is 37.8 Å². The maximum atomic E-state index is 12.8. The Hall–Kier alpha value is -0.470. The Balaban J connectivity index is 2.13. The Bertz CT molecular complexity index is 567. The van der Waals surface area contributed by atoms with Crippen molar-refractivity contribution in [1.82, 2.24) is 14.5 Å². The van der Waals surface area contributed by atoms with E-state index >= 15 is 0 Å². The smallest absolute Gasteiger partial charge is 0.244 e. The lowest BCUT2D eigenvalue weighted by Gasteiger charge is -2.41. The normalized spacial score (nSPS) is 19.0. The highest BCUT2D eigenvalue weighted by atomic mass is 32.2. The van der Waals surface area contributed by atoms with Gasteiger partial charge in [0.25, 0.3) is 0 Å². The molecule has 1 aliphatic heterocycles. The van der Waals surface area contributed by atoms with Crippen LogP contribution in [0.3, 0.4) is 0 Å². The molecule has 0 atom stereocenters. The minimum Gasteiger partial charge on any atom is -0.315 e. The molecule has 2 heterocycles. The van der Waals surface area contributed by atoms with Crippen molar-refractivity contribution in [1.29, 1.82) is 0 Å². The topological polar surface area (TPSA) is 52.7 Å². The highest BCUT2D eigenvalue weighted by Gasteiger charge is 2.33. The van der Waals surface area contributed by atoms with Gasteiger partial charge in [-0.3, -0.25) is 4.90 Å². The number of thiophene rings is 1.